The lowest BCUT2D eigenvalue weighted by atomic mass is 10.1. The normalized spacial score (nSPS) is 13.3. The van der Waals surface area contributed by atoms with Crippen LogP contribution in [0.3, 0.4) is 0 Å². The van der Waals surface area contributed by atoms with Crippen LogP contribution in [0.15, 0.2) is 21.8 Å². The van der Waals surface area contributed by atoms with E-state index in [1.165, 1.54) is 20.8 Å². The zero-order chi connectivity index (χ0) is 32.7. The molecule has 17 heteroatoms. The number of nitrogens with two attached hydrogens (primary N) is 3. The summed E-state index contributed by atoms with van der Waals surface area (Å²) in [4.78, 5) is 71.6. The Morgan fingerprint density at radius 3 is 1.62 bits per heavy atom. The molecule has 1 aliphatic rings. The first-order valence-electron chi connectivity index (χ1n) is 13.1. The van der Waals surface area contributed by atoms with Crippen molar-refractivity contribution >= 4 is 47.8 Å². The van der Waals surface area contributed by atoms with Gasteiger partial charge < -0.3 is 48.5 Å². The number of rotatable bonds is 16. The number of unbranched alkanes of at least 4 members (excludes halogenated alkanes) is 1. The van der Waals surface area contributed by atoms with E-state index in [2.05, 4.69) is 25.9 Å². The largest absolute Gasteiger partial charge is 0.480 e. The summed E-state index contributed by atoms with van der Waals surface area (Å²) >= 11 is 0. The van der Waals surface area contributed by atoms with Crippen LogP contribution >= 0.6 is 0 Å². The van der Waals surface area contributed by atoms with Crippen molar-refractivity contribution in [1.29, 1.82) is 0 Å². The van der Waals surface area contributed by atoms with Gasteiger partial charge in [-0.15, -0.1) is 0 Å². The van der Waals surface area contributed by atoms with Gasteiger partial charge in [0, 0.05) is 52.1 Å². The van der Waals surface area contributed by atoms with Crippen LogP contribution in [0.1, 0.15) is 65.7 Å². The highest BCUT2D eigenvalue weighted by Crippen LogP contribution is 2.12. The maximum atomic E-state index is 10.7. The number of allylic oxidation sites excluding steroid dienone is 1. The summed E-state index contributed by atoms with van der Waals surface area (Å²) in [6.45, 7) is 4.77. The number of carbonyl (C=O) groups excluding carboxylic acids is 3. The molecule has 0 fully saturated rings. The van der Waals surface area contributed by atoms with E-state index in [1.807, 2.05) is 6.08 Å². The molecule has 1 rings (SSSR count). The van der Waals surface area contributed by atoms with Gasteiger partial charge in [0.15, 0.2) is 5.96 Å². The molecule has 0 saturated heterocycles. The second-order valence-electron chi connectivity index (χ2n) is 8.95. The number of nitrogens with one attached hydrogen (secondary N) is 3. The third kappa shape index (κ3) is 23.4. The number of carboxylic acid groups (broad SMARTS) is 3. The molecular weight excluding hydrogens is 556 g/mol. The number of aliphatic carboxylic acids is 3. The van der Waals surface area contributed by atoms with Gasteiger partial charge in [0.2, 0.25) is 17.7 Å². The topological polar surface area (TPSA) is 302 Å². The van der Waals surface area contributed by atoms with E-state index < -0.39 is 36.0 Å². The Bertz CT molecular complexity index is 994. The predicted molar refractivity (Wildman–Crippen MR) is 154 cm³/mol. The summed E-state index contributed by atoms with van der Waals surface area (Å²) in [6, 6.07) is -2.53. The van der Waals surface area contributed by atoms with Crippen LogP contribution in [0, 0.1) is 0 Å². The van der Waals surface area contributed by atoms with Crippen molar-refractivity contribution in [2.75, 3.05) is 13.1 Å². The minimum atomic E-state index is -1.06. The van der Waals surface area contributed by atoms with E-state index in [1.54, 1.807) is 6.21 Å². The fourth-order valence-corrected chi connectivity index (χ4v) is 3.20. The van der Waals surface area contributed by atoms with Gasteiger partial charge in [-0.1, -0.05) is 6.08 Å². The molecule has 17 nitrogen and oxygen atoms in total. The lowest BCUT2D eigenvalue weighted by Gasteiger charge is -2.12. The fraction of sp³-hybridized carbons (Fsp3) is 0.600. The fourth-order valence-electron chi connectivity index (χ4n) is 3.20. The molecule has 3 unspecified atom stereocenters. The molecule has 0 radical (unpaired) electrons. The maximum Gasteiger partial charge on any atom is 0.326 e. The van der Waals surface area contributed by atoms with Crippen LogP contribution in [-0.4, -0.2) is 94.3 Å². The average molecular weight is 601 g/mol. The maximum absolute atomic E-state index is 10.7. The Labute approximate surface area is 244 Å². The van der Waals surface area contributed by atoms with Crippen molar-refractivity contribution in [2.24, 2.45) is 27.2 Å². The number of amides is 3. The molecule has 3 amide bonds. The van der Waals surface area contributed by atoms with Crippen LogP contribution in [0.2, 0.25) is 0 Å². The number of hydrogen-bond acceptors (Lipinski definition) is 9. The molecule has 1 heterocycles. The van der Waals surface area contributed by atoms with Crippen LogP contribution < -0.4 is 33.2 Å². The lowest BCUT2D eigenvalue weighted by molar-refractivity contribution is -0.142. The highest BCUT2D eigenvalue weighted by molar-refractivity contribution is 5.83. The third-order valence-electron chi connectivity index (χ3n) is 5.05. The van der Waals surface area contributed by atoms with E-state index in [0.29, 0.717) is 44.5 Å². The van der Waals surface area contributed by atoms with E-state index >= 15 is 0 Å². The Hall–Kier alpha value is -4.54. The van der Waals surface area contributed by atoms with Gasteiger partial charge in [-0.05, 0) is 38.6 Å². The number of carbonyl (C=O) groups is 6. The van der Waals surface area contributed by atoms with Crippen LogP contribution in [0.5, 0.6) is 0 Å². The molecule has 238 valence electrons. The quantitative estimate of drug-likeness (QED) is 0.0564. The average Bonchev–Trinajstić information content (AvgIpc) is 3.38. The second kappa shape index (κ2) is 23.2. The van der Waals surface area contributed by atoms with Gasteiger partial charge in [0.1, 0.15) is 18.1 Å². The van der Waals surface area contributed by atoms with Gasteiger partial charge >= 0.3 is 17.9 Å². The smallest absolute Gasteiger partial charge is 0.326 e. The van der Waals surface area contributed by atoms with Crippen molar-refractivity contribution in [3.63, 3.8) is 0 Å². The second-order valence-corrected chi connectivity index (χ2v) is 8.95. The monoisotopic (exact) mass is 600 g/mol. The molecule has 0 aliphatic carbocycles. The van der Waals surface area contributed by atoms with Gasteiger partial charge in [-0.25, -0.2) is 14.4 Å². The molecule has 0 aromatic rings. The SMILES string of the molecule is CC(=O)NC(CC1=CCC=N1)C(=O)O.CC(=O)NC(CCCCN)C(=O)O.CC(=O)NC(CCCN=C(N)N)C(=O)O. The highest BCUT2D eigenvalue weighted by atomic mass is 16.4. The summed E-state index contributed by atoms with van der Waals surface area (Å²) < 4.78 is 0. The van der Waals surface area contributed by atoms with Crippen LogP contribution in [0.4, 0.5) is 0 Å². The van der Waals surface area contributed by atoms with Crippen LogP contribution in [0.25, 0.3) is 0 Å². The minimum absolute atomic E-state index is 0.0265. The molecular formula is C25H44N8O9. The molecule has 0 bridgehead atoms. The van der Waals surface area contributed by atoms with Gasteiger partial charge in [-0.2, -0.15) is 0 Å². The van der Waals surface area contributed by atoms with Crippen molar-refractivity contribution in [3.05, 3.63) is 11.8 Å². The van der Waals surface area contributed by atoms with Gasteiger partial charge in [0.05, 0.1) is 0 Å². The summed E-state index contributed by atoms with van der Waals surface area (Å²) in [6.07, 6.45) is 7.26. The number of hydrogen-bond donors (Lipinski definition) is 9. The molecule has 42 heavy (non-hydrogen) atoms. The number of aliphatic imine (C=N–C) groups is 2. The van der Waals surface area contributed by atoms with E-state index in [9.17, 15) is 28.8 Å². The zero-order valence-corrected chi connectivity index (χ0v) is 24.2. The van der Waals surface area contributed by atoms with E-state index in [4.69, 9.17) is 32.5 Å². The molecule has 0 aromatic heterocycles. The minimum Gasteiger partial charge on any atom is -0.480 e. The Kier molecular flexibility index (Phi) is 21.9. The Balaban J connectivity index is 0. The van der Waals surface area contributed by atoms with Crippen molar-refractivity contribution in [2.45, 2.75) is 83.8 Å². The molecule has 3 atom stereocenters. The molecule has 1 aliphatic heterocycles. The standard InChI is InChI=1S/C9H12N2O3.C8H16N4O3.C8H16N2O3/c1-6(12)11-8(9(13)14)5-7-3-2-4-10-7;1-5(13)12-6(7(14)15)3-2-4-11-8(9)10;1-6(11)10-7(8(12)13)4-2-3-5-9/h3-4,8H,2,5H2,1H3,(H,11,12)(H,13,14);6H,2-4H2,1H3,(H,12,13)(H,14,15)(H4,9,10,11);7H,2-5,9H2,1H3,(H,10,11)(H,12,13). The Morgan fingerprint density at radius 1 is 0.810 bits per heavy atom. The highest BCUT2D eigenvalue weighted by Gasteiger charge is 2.20. The van der Waals surface area contributed by atoms with E-state index in [-0.39, 0.29) is 30.1 Å². The van der Waals surface area contributed by atoms with Crippen molar-refractivity contribution < 1.29 is 44.1 Å². The zero-order valence-electron chi connectivity index (χ0n) is 24.2. The first-order chi connectivity index (χ1) is 19.6. The molecule has 0 spiro atoms. The van der Waals surface area contributed by atoms with Gasteiger partial charge in [0.25, 0.3) is 0 Å². The van der Waals surface area contributed by atoms with E-state index in [0.717, 1.165) is 12.8 Å². The number of guanidine groups is 1. The first-order valence-corrected chi connectivity index (χ1v) is 13.1. The molecule has 0 saturated carbocycles. The van der Waals surface area contributed by atoms with Crippen molar-refractivity contribution in [3.8, 4) is 0 Å². The summed E-state index contributed by atoms with van der Waals surface area (Å²) in [7, 11) is 0. The Morgan fingerprint density at radius 2 is 1.26 bits per heavy atom. The summed E-state index contributed by atoms with van der Waals surface area (Å²) in [5.74, 6) is -4.16. The van der Waals surface area contributed by atoms with Crippen molar-refractivity contribution in [1.82, 2.24) is 16.0 Å². The third-order valence-corrected chi connectivity index (χ3v) is 5.05. The number of carboxylic acids is 3. The van der Waals surface area contributed by atoms with Gasteiger partial charge in [-0.3, -0.25) is 24.4 Å². The molecule has 0 aromatic carbocycles. The molecule has 12 N–H and O–H groups in total. The van der Waals surface area contributed by atoms with Crippen LogP contribution in [-0.2, 0) is 28.8 Å². The predicted octanol–water partition coefficient (Wildman–Crippen LogP) is -1.34. The lowest BCUT2D eigenvalue weighted by Crippen LogP contribution is -2.39. The number of nitrogens with zero attached hydrogens (tertiary/aromatic N) is 2. The summed E-state index contributed by atoms with van der Waals surface area (Å²) in [5.41, 5.74) is 16.2. The summed E-state index contributed by atoms with van der Waals surface area (Å²) in [5, 5.41) is 33.2. The first kappa shape index (κ1) is 39.6.